The minimum absolute atomic E-state index is 0.0928. The van der Waals surface area contributed by atoms with Crippen molar-refractivity contribution < 1.29 is 4.79 Å². The van der Waals surface area contributed by atoms with Crippen molar-refractivity contribution in [3.8, 4) is 0 Å². The standard InChI is InChI=1S/C15H26N4O/c1-11(19-7-5-6-8-19)10-16-15(20)9-14-12(2)17-18(4)13(14)3/h11H,5-10H2,1-4H3,(H,16,20)/t11-/m1/s1. The van der Waals surface area contributed by atoms with Gasteiger partial charge in [0.15, 0.2) is 0 Å². The second-order valence-corrected chi connectivity index (χ2v) is 5.85. The summed E-state index contributed by atoms with van der Waals surface area (Å²) in [6.45, 7) is 9.22. The van der Waals surface area contributed by atoms with Crippen molar-refractivity contribution in [3.63, 3.8) is 0 Å². The van der Waals surface area contributed by atoms with Gasteiger partial charge in [-0.2, -0.15) is 5.10 Å². The third-order valence-corrected chi connectivity index (χ3v) is 4.35. The molecule has 2 rings (SSSR count). The zero-order valence-electron chi connectivity index (χ0n) is 13.1. The molecule has 1 saturated heterocycles. The summed E-state index contributed by atoms with van der Waals surface area (Å²) in [4.78, 5) is 14.5. The van der Waals surface area contributed by atoms with Gasteiger partial charge in [-0.05, 0) is 46.7 Å². The highest BCUT2D eigenvalue weighted by Gasteiger charge is 2.19. The van der Waals surface area contributed by atoms with Gasteiger partial charge in [0.1, 0.15) is 0 Å². The number of aromatic nitrogens is 2. The Kier molecular flexibility index (Phi) is 4.81. The number of hydrogen-bond donors (Lipinski definition) is 1. The zero-order valence-corrected chi connectivity index (χ0v) is 13.1. The van der Waals surface area contributed by atoms with Crippen molar-refractivity contribution in [2.24, 2.45) is 7.05 Å². The van der Waals surface area contributed by atoms with E-state index in [0.29, 0.717) is 12.5 Å². The van der Waals surface area contributed by atoms with Gasteiger partial charge in [-0.15, -0.1) is 0 Å². The van der Waals surface area contributed by atoms with Crippen molar-refractivity contribution in [3.05, 3.63) is 17.0 Å². The predicted molar refractivity (Wildman–Crippen MR) is 79.7 cm³/mol. The lowest BCUT2D eigenvalue weighted by molar-refractivity contribution is -0.120. The van der Waals surface area contributed by atoms with Crippen molar-refractivity contribution in [1.82, 2.24) is 20.0 Å². The van der Waals surface area contributed by atoms with Gasteiger partial charge in [0, 0.05) is 30.9 Å². The van der Waals surface area contributed by atoms with E-state index < -0.39 is 0 Å². The molecular formula is C15H26N4O. The first-order valence-electron chi connectivity index (χ1n) is 7.49. The van der Waals surface area contributed by atoms with Gasteiger partial charge in [-0.1, -0.05) is 0 Å². The number of aryl methyl sites for hydroxylation is 2. The van der Waals surface area contributed by atoms with Crippen LogP contribution in [0.1, 0.15) is 36.7 Å². The van der Waals surface area contributed by atoms with Crippen LogP contribution in [0.25, 0.3) is 0 Å². The Balaban J connectivity index is 1.83. The molecule has 1 aliphatic rings. The van der Waals surface area contributed by atoms with E-state index in [2.05, 4.69) is 22.2 Å². The topological polar surface area (TPSA) is 50.2 Å². The summed E-state index contributed by atoms with van der Waals surface area (Å²) in [6, 6.07) is 0.428. The van der Waals surface area contributed by atoms with Crippen molar-refractivity contribution in [2.45, 2.75) is 46.1 Å². The number of carbonyl (C=O) groups excluding carboxylic acids is 1. The van der Waals surface area contributed by atoms with Gasteiger partial charge in [-0.25, -0.2) is 0 Å². The minimum Gasteiger partial charge on any atom is -0.354 e. The molecule has 1 aromatic rings. The fourth-order valence-corrected chi connectivity index (χ4v) is 2.87. The summed E-state index contributed by atoms with van der Waals surface area (Å²) in [7, 11) is 1.92. The van der Waals surface area contributed by atoms with E-state index in [1.165, 1.54) is 12.8 Å². The molecule has 0 aromatic carbocycles. The second kappa shape index (κ2) is 6.39. The quantitative estimate of drug-likeness (QED) is 0.880. The summed E-state index contributed by atoms with van der Waals surface area (Å²) in [5, 5.41) is 7.40. The van der Waals surface area contributed by atoms with Crippen LogP contribution in [0.2, 0.25) is 0 Å². The maximum atomic E-state index is 12.1. The van der Waals surface area contributed by atoms with E-state index >= 15 is 0 Å². The molecule has 0 radical (unpaired) electrons. The van der Waals surface area contributed by atoms with Gasteiger partial charge in [0.2, 0.25) is 5.91 Å². The van der Waals surface area contributed by atoms with Gasteiger partial charge < -0.3 is 5.32 Å². The highest BCUT2D eigenvalue weighted by molar-refractivity contribution is 5.79. The van der Waals surface area contributed by atoms with Crippen molar-refractivity contribution in [1.29, 1.82) is 0 Å². The average molecular weight is 278 g/mol. The molecule has 0 unspecified atom stereocenters. The highest BCUT2D eigenvalue weighted by atomic mass is 16.1. The Hall–Kier alpha value is -1.36. The third-order valence-electron chi connectivity index (χ3n) is 4.35. The Morgan fingerprint density at radius 1 is 1.35 bits per heavy atom. The molecule has 1 atom stereocenters. The van der Waals surface area contributed by atoms with E-state index in [9.17, 15) is 4.79 Å². The number of hydrogen-bond acceptors (Lipinski definition) is 3. The average Bonchev–Trinajstić information content (AvgIpc) is 3.01. The molecule has 20 heavy (non-hydrogen) atoms. The lowest BCUT2D eigenvalue weighted by atomic mass is 10.1. The summed E-state index contributed by atoms with van der Waals surface area (Å²) < 4.78 is 1.84. The van der Waals surface area contributed by atoms with Crippen LogP contribution >= 0.6 is 0 Å². The summed E-state index contributed by atoms with van der Waals surface area (Å²) >= 11 is 0. The van der Waals surface area contributed by atoms with Crippen LogP contribution in [0.15, 0.2) is 0 Å². The van der Waals surface area contributed by atoms with Gasteiger partial charge >= 0.3 is 0 Å². The molecule has 5 heteroatoms. The van der Waals surface area contributed by atoms with E-state index in [1.807, 2.05) is 25.6 Å². The van der Waals surface area contributed by atoms with Gasteiger partial charge in [0.25, 0.3) is 0 Å². The fraction of sp³-hybridized carbons (Fsp3) is 0.733. The molecule has 0 saturated carbocycles. The zero-order chi connectivity index (χ0) is 14.7. The van der Waals surface area contributed by atoms with Crippen LogP contribution < -0.4 is 5.32 Å². The molecule has 1 fully saturated rings. The normalized spacial score (nSPS) is 17.4. The molecule has 0 bridgehead atoms. The number of carbonyl (C=O) groups is 1. The molecule has 0 spiro atoms. The number of likely N-dealkylation sites (tertiary alicyclic amines) is 1. The maximum Gasteiger partial charge on any atom is 0.224 e. The van der Waals surface area contributed by atoms with E-state index in [1.54, 1.807) is 0 Å². The Bertz CT molecular complexity index is 474. The first kappa shape index (κ1) is 15.0. The summed E-state index contributed by atoms with van der Waals surface area (Å²) in [5.74, 6) is 0.0928. The first-order valence-corrected chi connectivity index (χ1v) is 7.49. The molecule has 5 nitrogen and oxygen atoms in total. The number of nitrogens with zero attached hydrogens (tertiary/aromatic N) is 3. The maximum absolute atomic E-state index is 12.1. The first-order chi connectivity index (χ1) is 9.49. The molecule has 112 valence electrons. The largest absolute Gasteiger partial charge is 0.354 e. The molecular weight excluding hydrogens is 252 g/mol. The predicted octanol–water partition coefficient (Wildman–Crippen LogP) is 1.18. The van der Waals surface area contributed by atoms with Gasteiger partial charge in [-0.3, -0.25) is 14.4 Å². The molecule has 1 aliphatic heterocycles. The van der Waals surface area contributed by atoms with Crippen LogP contribution in [0, 0.1) is 13.8 Å². The van der Waals surface area contributed by atoms with Crippen LogP contribution in [0.5, 0.6) is 0 Å². The highest BCUT2D eigenvalue weighted by Crippen LogP contribution is 2.13. The number of amides is 1. The van der Waals surface area contributed by atoms with Crippen LogP contribution in [-0.2, 0) is 18.3 Å². The minimum atomic E-state index is 0.0928. The van der Waals surface area contributed by atoms with Crippen LogP contribution in [-0.4, -0.2) is 46.3 Å². The number of rotatable bonds is 5. The monoisotopic (exact) mass is 278 g/mol. The lowest BCUT2D eigenvalue weighted by Gasteiger charge is -2.23. The smallest absolute Gasteiger partial charge is 0.224 e. The molecule has 1 amide bonds. The SMILES string of the molecule is Cc1nn(C)c(C)c1CC(=O)NC[C@@H](C)N1CCCC1. The molecule has 2 heterocycles. The van der Waals surface area contributed by atoms with E-state index in [-0.39, 0.29) is 5.91 Å². The van der Waals surface area contributed by atoms with E-state index in [4.69, 9.17) is 0 Å². The van der Waals surface area contributed by atoms with Gasteiger partial charge in [0.05, 0.1) is 12.1 Å². The fourth-order valence-electron chi connectivity index (χ4n) is 2.87. The Morgan fingerprint density at radius 3 is 2.55 bits per heavy atom. The third kappa shape index (κ3) is 3.39. The molecule has 1 aromatic heterocycles. The Morgan fingerprint density at radius 2 is 2.00 bits per heavy atom. The van der Waals surface area contributed by atoms with Crippen molar-refractivity contribution >= 4 is 5.91 Å². The van der Waals surface area contributed by atoms with Crippen LogP contribution in [0.3, 0.4) is 0 Å². The summed E-state index contributed by atoms with van der Waals surface area (Å²) in [5.41, 5.74) is 3.08. The van der Waals surface area contributed by atoms with E-state index in [0.717, 1.165) is 36.6 Å². The van der Waals surface area contributed by atoms with Crippen molar-refractivity contribution in [2.75, 3.05) is 19.6 Å². The second-order valence-electron chi connectivity index (χ2n) is 5.85. The number of nitrogens with one attached hydrogen (secondary N) is 1. The summed E-state index contributed by atoms with van der Waals surface area (Å²) in [6.07, 6.45) is 3.00. The molecule has 1 N–H and O–H groups in total. The van der Waals surface area contributed by atoms with Crippen LogP contribution in [0.4, 0.5) is 0 Å². The molecule has 0 aliphatic carbocycles. The Labute approximate surface area is 121 Å². The lowest BCUT2D eigenvalue weighted by Crippen LogP contribution is -2.41.